The lowest BCUT2D eigenvalue weighted by atomic mass is 9.80. The summed E-state index contributed by atoms with van der Waals surface area (Å²) in [5, 5.41) is 16.7. The van der Waals surface area contributed by atoms with Gasteiger partial charge in [-0.25, -0.2) is 4.67 Å². The number of carbonyl (C=O) groups excluding carboxylic acids is 2. The van der Waals surface area contributed by atoms with E-state index in [2.05, 4.69) is 28.8 Å². The van der Waals surface area contributed by atoms with E-state index in [4.69, 9.17) is 23.3 Å². The molecule has 12 heteroatoms. The van der Waals surface area contributed by atoms with Crippen molar-refractivity contribution in [3.8, 4) is 17.6 Å². The van der Waals surface area contributed by atoms with Crippen molar-refractivity contribution in [2.45, 2.75) is 64.6 Å². The summed E-state index contributed by atoms with van der Waals surface area (Å²) in [6, 6.07) is 39.1. The van der Waals surface area contributed by atoms with Crippen molar-refractivity contribution in [2.75, 3.05) is 57.8 Å². The van der Waals surface area contributed by atoms with Gasteiger partial charge in [0.2, 0.25) is 0 Å². The zero-order valence-electron chi connectivity index (χ0n) is 36.7. The van der Waals surface area contributed by atoms with Crippen LogP contribution in [0.25, 0.3) is 0 Å². The molecule has 0 radical (unpaired) electrons. The fraction of sp³-hybridized carbons (Fsp3) is 0.340. The van der Waals surface area contributed by atoms with E-state index in [1.54, 1.807) is 38.5 Å². The minimum Gasteiger partial charge on any atom is -0.497 e. The van der Waals surface area contributed by atoms with Gasteiger partial charge in [0.05, 0.1) is 51.2 Å². The Morgan fingerprint density at radius 1 is 0.661 bits per heavy atom. The third kappa shape index (κ3) is 9.86. The van der Waals surface area contributed by atoms with E-state index in [1.165, 1.54) is 0 Å². The quantitative estimate of drug-likeness (QED) is 0.0384. The summed E-state index contributed by atoms with van der Waals surface area (Å²) in [5.41, 5.74) is 3.74. The predicted octanol–water partition coefficient (Wildman–Crippen LogP) is 10.4. The number of fused-ring (bicyclic) bond motifs is 2. The number of methoxy groups -OCH3 is 2. The standard InChI is InChI=1S/C50H57N4O7P/c1-8-60-62(54(35(2)3)49(4,5)34-51)61-33-15-31-53-44-21-13-19-42-46(44)48(56)45-41(47(42)55)18-12-20-43(45)52-30-14-32-59-50(36-16-10-9-11-17-36,37-22-26-39(57-6)27-23-37)38-24-28-40(58-7)29-25-38/h9-13,16-29,35,52-53H,8,14-15,30-33H2,1-7H3. The van der Waals surface area contributed by atoms with E-state index in [-0.39, 0.29) is 17.6 Å². The molecule has 6 rings (SSSR count). The van der Waals surface area contributed by atoms with Crippen LogP contribution in [-0.2, 0) is 19.4 Å². The van der Waals surface area contributed by atoms with Crippen LogP contribution in [0.1, 0.15) is 96.0 Å². The first-order chi connectivity index (χ1) is 30.0. The molecule has 0 saturated heterocycles. The number of carbonyl (C=O) groups is 2. The number of hydrogen-bond acceptors (Lipinski definition) is 11. The number of benzene rings is 5. The van der Waals surface area contributed by atoms with E-state index >= 15 is 0 Å². The summed E-state index contributed by atoms with van der Waals surface area (Å²) >= 11 is 0. The molecule has 1 aliphatic carbocycles. The molecular weight excluding hydrogens is 800 g/mol. The van der Waals surface area contributed by atoms with Gasteiger partial charge in [-0.2, -0.15) is 5.26 Å². The summed E-state index contributed by atoms with van der Waals surface area (Å²) in [4.78, 5) is 28.4. The van der Waals surface area contributed by atoms with Crippen LogP contribution >= 0.6 is 8.53 Å². The Bertz CT molecular complexity index is 2280. The van der Waals surface area contributed by atoms with Gasteiger partial charge in [-0.15, -0.1) is 0 Å². The average molecular weight is 857 g/mol. The molecule has 1 aliphatic rings. The smallest absolute Gasteiger partial charge is 0.260 e. The number of hydrogen-bond donors (Lipinski definition) is 2. The summed E-state index contributed by atoms with van der Waals surface area (Å²) in [6.07, 6.45) is 1.19. The predicted molar refractivity (Wildman–Crippen MR) is 245 cm³/mol. The van der Waals surface area contributed by atoms with Crippen LogP contribution in [0.15, 0.2) is 115 Å². The molecule has 0 saturated carbocycles. The number of nitriles is 1. The highest BCUT2D eigenvalue weighted by molar-refractivity contribution is 7.44. The maximum absolute atomic E-state index is 14.4. The molecule has 0 aromatic heterocycles. The minimum atomic E-state index is -1.47. The Labute approximate surface area is 367 Å². The number of ketones is 2. The molecule has 2 N–H and O–H groups in total. The van der Waals surface area contributed by atoms with Crippen molar-refractivity contribution in [3.63, 3.8) is 0 Å². The van der Waals surface area contributed by atoms with Gasteiger partial charge in [-0.1, -0.05) is 78.9 Å². The normalized spacial score (nSPS) is 13.0. The maximum Gasteiger partial charge on any atom is 0.260 e. The monoisotopic (exact) mass is 856 g/mol. The molecule has 0 spiro atoms. The molecule has 0 aliphatic heterocycles. The number of ether oxygens (including phenoxy) is 3. The Hall–Kier alpha value is -5.60. The van der Waals surface area contributed by atoms with Gasteiger partial charge in [0.15, 0.2) is 11.6 Å². The van der Waals surface area contributed by atoms with Crippen molar-refractivity contribution in [2.24, 2.45) is 0 Å². The topological polar surface area (TPSA) is 131 Å². The number of rotatable bonds is 22. The summed E-state index contributed by atoms with van der Waals surface area (Å²) in [7, 11) is 1.82. The zero-order chi connectivity index (χ0) is 44.3. The van der Waals surface area contributed by atoms with Crippen molar-refractivity contribution >= 4 is 31.5 Å². The van der Waals surface area contributed by atoms with E-state index in [9.17, 15) is 14.9 Å². The highest BCUT2D eigenvalue weighted by atomic mass is 31.2. The maximum atomic E-state index is 14.4. The number of anilines is 2. The van der Waals surface area contributed by atoms with Gasteiger partial charge in [0, 0.05) is 41.6 Å². The van der Waals surface area contributed by atoms with Crippen LogP contribution < -0.4 is 20.1 Å². The zero-order valence-corrected chi connectivity index (χ0v) is 37.6. The number of nitrogens with one attached hydrogen (secondary N) is 2. The SMILES string of the molecule is CCOP(OCCCNc1cccc2c1C(=O)c1c(NCCCOC(c3ccccc3)(c3ccc(OC)cc3)c3ccc(OC)cc3)cccc1C2=O)N(C(C)C)C(C)(C)C#N. The third-order valence-electron chi connectivity index (χ3n) is 10.8. The van der Waals surface area contributed by atoms with Crippen molar-refractivity contribution in [1.29, 1.82) is 5.26 Å². The lowest BCUT2D eigenvalue weighted by Crippen LogP contribution is -2.44. The largest absolute Gasteiger partial charge is 0.497 e. The average Bonchev–Trinajstić information content (AvgIpc) is 3.29. The van der Waals surface area contributed by atoms with Gasteiger partial charge in [0.25, 0.3) is 8.53 Å². The molecule has 11 nitrogen and oxygen atoms in total. The first kappa shape index (κ1) is 45.9. The molecule has 1 unspecified atom stereocenters. The van der Waals surface area contributed by atoms with Crippen LogP contribution in [0.5, 0.6) is 11.5 Å². The van der Waals surface area contributed by atoms with Gasteiger partial charge < -0.3 is 33.9 Å². The number of nitrogens with zero attached hydrogens (tertiary/aromatic N) is 2. The molecular formula is C50H57N4O7P. The van der Waals surface area contributed by atoms with Crippen LogP contribution in [-0.4, -0.2) is 74.9 Å². The fourth-order valence-electron chi connectivity index (χ4n) is 7.93. The minimum absolute atomic E-state index is 0.0322. The lowest BCUT2D eigenvalue weighted by molar-refractivity contribution is 0.0127. The van der Waals surface area contributed by atoms with Crippen LogP contribution in [0.3, 0.4) is 0 Å². The van der Waals surface area contributed by atoms with Crippen molar-refractivity contribution < 1.29 is 32.8 Å². The van der Waals surface area contributed by atoms with Gasteiger partial charge in [-0.3, -0.25) is 9.59 Å². The summed E-state index contributed by atoms with van der Waals surface area (Å²) < 4.78 is 32.2. The van der Waals surface area contributed by atoms with Crippen molar-refractivity contribution in [3.05, 3.63) is 154 Å². The molecule has 0 fully saturated rings. The van der Waals surface area contributed by atoms with Crippen LogP contribution in [0.2, 0.25) is 0 Å². The molecule has 0 amide bonds. The third-order valence-corrected chi connectivity index (χ3v) is 13.0. The first-order valence-electron chi connectivity index (χ1n) is 21.1. The van der Waals surface area contributed by atoms with Gasteiger partial charge >= 0.3 is 0 Å². The van der Waals surface area contributed by atoms with E-state index in [0.717, 1.165) is 28.2 Å². The molecule has 0 heterocycles. The molecule has 324 valence electrons. The second-order valence-electron chi connectivity index (χ2n) is 15.6. The molecule has 1 atom stereocenters. The molecule has 62 heavy (non-hydrogen) atoms. The summed E-state index contributed by atoms with van der Waals surface area (Å²) in [6.45, 7) is 11.8. The second kappa shape index (κ2) is 21.0. The molecule has 5 aromatic rings. The second-order valence-corrected chi connectivity index (χ2v) is 17.0. The molecule has 5 aromatic carbocycles. The van der Waals surface area contributed by atoms with Crippen LogP contribution in [0.4, 0.5) is 11.4 Å². The van der Waals surface area contributed by atoms with Crippen LogP contribution in [0, 0.1) is 11.3 Å². The van der Waals surface area contributed by atoms with Gasteiger partial charge in [0.1, 0.15) is 22.6 Å². The van der Waals surface area contributed by atoms with E-state index < -0.39 is 19.7 Å². The highest BCUT2D eigenvalue weighted by Crippen LogP contribution is 2.49. The fourth-order valence-corrected chi connectivity index (χ4v) is 9.59. The lowest BCUT2D eigenvalue weighted by Gasteiger charge is -2.39. The Kier molecular flexibility index (Phi) is 15.5. The Balaban J connectivity index is 1.16. The molecule has 0 bridgehead atoms. The Morgan fingerprint density at radius 2 is 1.16 bits per heavy atom. The Morgan fingerprint density at radius 3 is 1.63 bits per heavy atom. The highest BCUT2D eigenvalue weighted by Gasteiger charge is 2.39. The van der Waals surface area contributed by atoms with E-state index in [0.29, 0.717) is 79.4 Å². The first-order valence-corrected chi connectivity index (χ1v) is 22.2. The van der Waals surface area contributed by atoms with Gasteiger partial charge in [-0.05, 0) is 101 Å². The summed E-state index contributed by atoms with van der Waals surface area (Å²) in [5.74, 6) is 1.07. The van der Waals surface area contributed by atoms with Crippen molar-refractivity contribution in [1.82, 2.24) is 4.67 Å². The van der Waals surface area contributed by atoms with E-state index in [1.807, 2.05) is 118 Å².